The molecule has 0 amide bonds. The van der Waals surface area contributed by atoms with Gasteiger partial charge in [0.15, 0.2) is 0 Å². The van der Waals surface area contributed by atoms with Crippen LogP contribution in [0.15, 0.2) is 0 Å². The molecule has 1 fully saturated rings. The van der Waals surface area contributed by atoms with Gasteiger partial charge in [-0.15, -0.1) is 0 Å². The Balaban J connectivity index is 2.02. The summed E-state index contributed by atoms with van der Waals surface area (Å²) in [5.41, 5.74) is 0. The highest BCUT2D eigenvalue weighted by molar-refractivity contribution is 7.99. The van der Waals surface area contributed by atoms with Crippen LogP contribution in [-0.4, -0.2) is 36.0 Å². The molecule has 0 aromatic heterocycles. The molecular weight excluding hydrogens is 180 g/mol. The Labute approximate surface area is 85.3 Å². The molecule has 1 heterocycles. The molecule has 13 heavy (non-hydrogen) atoms. The molecule has 3 heteroatoms. The number of rotatable bonds is 4. The summed E-state index contributed by atoms with van der Waals surface area (Å²) in [5.74, 6) is 2.81. The summed E-state index contributed by atoms with van der Waals surface area (Å²) in [4.78, 5) is 2.51. The van der Waals surface area contributed by atoms with Crippen LogP contribution < -0.4 is 0 Å². The van der Waals surface area contributed by atoms with E-state index >= 15 is 0 Å². The normalized spacial score (nSPS) is 20.9. The highest BCUT2D eigenvalue weighted by Gasteiger charge is 2.09. The molecule has 0 bridgehead atoms. The molecule has 0 spiro atoms. The monoisotopic (exact) mass is 198 g/mol. The van der Waals surface area contributed by atoms with E-state index in [0.717, 1.165) is 6.42 Å². The molecule has 0 radical (unpaired) electrons. The Kier molecular flexibility index (Phi) is 5.26. The van der Waals surface area contributed by atoms with Crippen LogP contribution in [0.3, 0.4) is 0 Å². The molecule has 0 aromatic carbocycles. The van der Waals surface area contributed by atoms with Crippen LogP contribution in [0.1, 0.15) is 19.8 Å². The maximum Gasteiger partial charge on any atom is 0.0652 e. The van der Waals surface area contributed by atoms with Crippen molar-refractivity contribution in [3.05, 3.63) is 0 Å². The van der Waals surface area contributed by atoms with Crippen LogP contribution in [0.25, 0.3) is 0 Å². The molecule has 1 saturated heterocycles. The van der Waals surface area contributed by atoms with Crippen molar-refractivity contribution in [1.29, 1.82) is 5.26 Å². The van der Waals surface area contributed by atoms with E-state index in [0.29, 0.717) is 0 Å². The molecule has 0 aromatic rings. The van der Waals surface area contributed by atoms with Gasteiger partial charge in [0, 0.05) is 30.5 Å². The fourth-order valence-electron chi connectivity index (χ4n) is 1.51. The van der Waals surface area contributed by atoms with Gasteiger partial charge in [0.2, 0.25) is 0 Å². The lowest BCUT2D eigenvalue weighted by molar-refractivity contribution is 0.292. The average Bonchev–Trinajstić information content (AvgIpc) is 2.19. The van der Waals surface area contributed by atoms with E-state index in [2.05, 4.69) is 11.0 Å². The predicted molar refractivity (Wildman–Crippen MR) is 57.8 cm³/mol. The maximum absolute atomic E-state index is 8.60. The van der Waals surface area contributed by atoms with Gasteiger partial charge in [0.25, 0.3) is 0 Å². The number of thioether (sulfide) groups is 1. The van der Waals surface area contributed by atoms with Gasteiger partial charge in [-0.1, -0.05) is 0 Å². The van der Waals surface area contributed by atoms with E-state index in [1.807, 2.05) is 18.7 Å². The molecule has 1 aliphatic heterocycles. The first-order valence-corrected chi connectivity index (χ1v) is 6.18. The van der Waals surface area contributed by atoms with Gasteiger partial charge in [-0.2, -0.15) is 17.0 Å². The van der Waals surface area contributed by atoms with Crippen LogP contribution in [0.5, 0.6) is 0 Å². The van der Waals surface area contributed by atoms with E-state index in [9.17, 15) is 0 Å². The summed E-state index contributed by atoms with van der Waals surface area (Å²) < 4.78 is 0. The van der Waals surface area contributed by atoms with Crippen molar-refractivity contribution in [3.8, 4) is 6.07 Å². The zero-order valence-corrected chi connectivity index (χ0v) is 9.15. The van der Waals surface area contributed by atoms with Gasteiger partial charge < -0.3 is 4.90 Å². The first-order chi connectivity index (χ1) is 6.33. The molecule has 74 valence electrons. The highest BCUT2D eigenvalue weighted by Crippen LogP contribution is 2.11. The van der Waals surface area contributed by atoms with E-state index in [1.54, 1.807) is 0 Å². The second-order valence-corrected chi connectivity index (χ2v) is 4.85. The zero-order valence-electron chi connectivity index (χ0n) is 8.33. The SMILES string of the molecule is CC(C#N)CCCN1CCSCC1. The third-order valence-corrected chi connectivity index (χ3v) is 3.38. The first kappa shape index (κ1) is 10.9. The van der Waals surface area contributed by atoms with Crippen LogP contribution in [0, 0.1) is 17.2 Å². The summed E-state index contributed by atoms with van der Waals surface area (Å²) >= 11 is 2.05. The van der Waals surface area contributed by atoms with Gasteiger partial charge in [-0.25, -0.2) is 0 Å². The van der Waals surface area contributed by atoms with Crippen LogP contribution >= 0.6 is 11.8 Å². The Morgan fingerprint density at radius 2 is 2.15 bits per heavy atom. The molecule has 2 nitrogen and oxygen atoms in total. The second kappa shape index (κ2) is 6.28. The summed E-state index contributed by atoms with van der Waals surface area (Å²) in [6.45, 7) is 5.68. The fourth-order valence-corrected chi connectivity index (χ4v) is 2.49. The third kappa shape index (κ3) is 4.54. The lowest BCUT2D eigenvalue weighted by Crippen LogP contribution is -2.33. The van der Waals surface area contributed by atoms with Crippen molar-refractivity contribution in [2.75, 3.05) is 31.1 Å². The third-order valence-electron chi connectivity index (χ3n) is 2.44. The van der Waals surface area contributed by atoms with E-state index in [4.69, 9.17) is 5.26 Å². The van der Waals surface area contributed by atoms with Gasteiger partial charge in [-0.3, -0.25) is 0 Å². The Hall–Kier alpha value is -0.200. The molecule has 1 rings (SSSR count). The van der Waals surface area contributed by atoms with Crippen molar-refractivity contribution < 1.29 is 0 Å². The Morgan fingerprint density at radius 1 is 1.46 bits per heavy atom. The van der Waals surface area contributed by atoms with Crippen LogP contribution in [0.2, 0.25) is 0 Å². The van der Waals surface area contributed by atoms with Crippen molar-refractivity contribution >= 4 is 11.8 Å². The Bertz CT molecular complexity index is 170. The maximum atomic E-state index is 8.60. The summed E-state index contributed by atoms with van der Waals surface area (Å²) in [5, 5.41) is 8.60. The number of nitriles is 1. The zero-order chi connectivity index (χ0) is 9.52. The van der Waals surface area contributed by atoms with E-state index < -0.39 is 0 Å². The minimum Gasteiger partial charge on any atom is -0.302 e. The van der Waals surface area contributed by atoms with Crippen molar-refractivity contribution in [2.24, 2.45) is 5.92 Å². The van der Waals surface area contributed by atoms with Crippen molar-refractivity contribution in [2.45, 2.75) is 19.8 Å². The minimum absolute atomic E-state index is 0.235. The van der Waals surface area contributed by atoms with Crippen molar-refractivity contribution in [3.63, 3.8) is 0 Å². The van der Waals surface area contributed by atoms with Gasteiger partial charge in [0.1, 0.15) is 0 Å². The Morgan fingerprint density at radius 3 is 2.77 bits per heavy atom. The van der Waals surface area contributed by atoms with E-state index in [-0.39, 0.29) is 5.92 Å². The van der Waals surface area contributed by atoms with Crippen LogP contribution in [-0.2, 0) is 0 Å². The van der Waals surface area contributed by atoms with Gasteiger partial charge >= 0.3 is 0 Å². The summed E-state index contributed by atoms with van der Waals surface area (Å²) in [7, 11) is 0. The first-order valence-electron chi connectivity index (χ1n) is 5.02. The second-order valence-electron chi connectivity index (χ2n) is 3.63. The largest absolute Gasteiger partial charge is 0.302 e. The molecule has 0 N–H and O–H groups in total. The predicted octanol–water partition coefficient (Wildman–Crippen LogP) is 1.98. The average molecular weight is 198 g/mol. The standard InChI is InChI=1S/C10H18N2S/c1-10(9-11)3-2-4-12-5-7-13-8-6-12/h10H,2-8H2,1H3. The number of hydrogen-bond acceptors (Lipinski definition) is 3. The quantitative estimate of drug-likeness (QED) is 0.691. The smallest absolute Gasteiger partial charge is 0.0652 e. The molecule has 1 atom stereocenters. The fraction of sp³-hybridized carbons (Fsp3) is 0.900. The number of hydrogen-bond donors (Lipinski definition) is 0. The lowest BCUT2D eigenvalue weighted by Gasteiger charge is -2.26. The molecule has 1 aliphatic rings. The van der Waals surface area contributed by atoms with E-state index in [1.165, 1.54) is 37.6 Å². The molecule has 0 saturated carbocycles. The topological polar surface area (TPSA) is 27.0 Å². The molecular formula is C10H18N2S. The molecule has 0 aliphatic carbocycles. The van der Waals surface area contributed by atoms with Gasteiger partial charge in [0.05, 0.1) is 6.07 Å². The molecule has 1 unspecified atom stereocenters. The minimum atomic E-state index is 0.235. The van der Waals surface area contributed by atoms with Gasteiger partial charge in [-0.05, 0) is 26.3 Å². The summed E-state index contributed by atoms with van der Waals surface area (Å²) in [6.07, 6.45) is 2.24. The highest BCUT2D eigenvalue weighted by atomic mass is 32.2. The summed E-state index contributed by atoms with van der Waals surface area (Å²) in [6, 6.07) is 2.28. The van der Waals surface area contributed by atoms with Crippen LogP contribution in [0.4, 0.5) is 0 Å². The van der Waals surface area contributed by atoms with Crippen molar-refractivity contribution in [1.82, 2.24) is 4.90 Å². The lowest BCUT2D eigenvalue weighted by atomic mass is 10.1. The number of nitrogens with zero attached hydrogens (tertiary/aromatic N) is 2.